The minimum Gasteiger partial charge on any atom is -0.369 e. The molecular weight excluding hydrogens is 314 g/mol. The van der Waals surface area contributed by atoms with Gasteiger partial charge in [-0.05, 0) is 37.8 Å². The van der Waals surface area contributed by atoms with Crippen molar-refractivity contribution in [2.45, 2.75) is 24.7 Å². The molecule has 1 aliphatic heterocycles. The lowest BCUT2D eigenvalue weighted by molar-refractivity contribution is 0.101. The summed E-state index contributed by atoms with van der Waals surface area (Å²) in [5.41, 5.74) is 0.406. The van der Waals surface area contributed by atoms with Crippen LogP contribution >= 0.6 is 0 Å². The Kier molecular flexibility index (Phi) is 5.94. The second-order valence-electron chi connectivity index (χ2n) is 5.65. The summed E-state index contributed by atoms with van der Waals surface area (Å²) in [4.78, 5) is 11.6. The molecule has 0 amide bonds. The van der Waals surface area contributed by atoms with Crippen LogP contribution < -0.4 is 0 Å². The Balaban J connectivity index is 2.03. The molecule has 1 aromatic carbocycles. The fourth-order valence-electron chi connectivity index (χ4n) is 2.63. The van der Waals surface area contributed by atoms with Gasteiger partial charge in [-0.2, -0.15) is 4.31 Å². The Bertz CT molecular complexity index is 698. The molecule has 0 radical (unpaired) electrons. The maximum Gasteiger partial charge on any atom is 0.243 e. The van der Waals surface area contributed by atoms with E-state index < -0.39 is 10.0 Å². The lowest BCUT2D eigenvalue weighted by atomic mass is 9.99. The van der Waals surface area contributed by atoms with Crippen molar-refractivity contribution >= 4 is 15.8 Å². The number of hydrogen-bond acceptors (Lipinski definition) is 4. The number of nitrogens with zero attached hydrogens (tertiary/aromatic N) is 1. The third kappa shape index (κ3) is 4.41. The van der Waals surface area contributed by atoms with Crippen LogP contribution in [-0.4, -0.2) is 44.8 Å². The van der Waals surface area contributed by atoms with Gasteiger partial charge in [-0.15, -0.1) is 6.42 Å². The summed E-state index contributed by atoms with van der Waals surface area (Å²) in [5, 5.41) is 0. The predicted molar refractivity (Wildman–Crippen MR) is 87.6 cm³/mol. The monoisotopic (exact) mass is 335 g/mol. The van der Waals surface area contributed by atoms with E-state index in [-0.39, 0.29) is 17.3 Å². The number of ether oxygens (including phenoxy) is 1. The minimum absolute atomic E-state index is 0.147. The lowest BCUT2D eigenvalue weighted by Gasteiger charge is -2.31. The van der Waals surface area contributed by atoms with Gasteiger partial charge in [0.15, 0.2) is 5.78 Å². The summed E-state index contributed by atoms with van der Waals surface area (Å²) in [5.74, 6) is 2.61. The van der Waals surface area contributed by atoms with E-state index in [0.717, 1.165) is 12.8 Å². The topological polar surface area (TPSA) is 63.7 Å². The van der Waals surface area contributed by atoms with Gasteiger partial charge < -0.3 is 4.74 Å². The van der Waals surface area contributed by atoms with Gasteiger partial charge in [0, 0.05) is 18.7 Å². The third-order valence-electron chi connectivity index (χ3n) is 3.99. The van der Waals surface area contributed by atoms with E-state index in [4.69, 9.17) is 11.2 Å². The van der Waals surface area contributed by atoms with E-state index in [9.17, 15) is 13.2 Å². The fourth-order valence-corrected chi connectivity index (χ4v) is 4.14. The van der Waals surface area contributed by atoms with E-state index in [1.165, 1.54) is 23.4 Å². The van der Waals surface area contributed by atoms with Crippen molar-refractivity contribution in [3.63, 3.8) is 0 Å². The molecule has 6 heteroatoms. The molecule has 5 nitrogen and oxygen atoms in total. The maximum atomic E-state index is 12.7. The van der Waals surface area contributed by atoms with Crippen LogP contribution in [0, 0.1) is 18.3 Å². The van der Waals surface area contributed by atoms with Crippen molar-refractivity contribution in [2.24, 2.45) is 5.92 Å². The van der Waals surface area contributed by atoms with Crippen molar-refractivity contribution in [3.05, 3.63) is 29.8 Å². The second-order valence-corrected chi connectivity index (χ2v) is 7.59. The smallest absolute Gasteiger partial charge is 0.243 e. The van der Waals surface area contributed by atoms with Gasteiger partial charge in [0.05, 0.1) is 11.5 Å². The molecule has 0 saturated carbocycles. The Morgan fingerprint density at radius 1 is 1.39 bits per heavy atom. The van der Waals surface area contributed by atoms with Crippen LogP contribution in [-0.2, 0) is 14.8 Å². The molecule has 1 saturated heterocycles. The first-order valence-electron chi connectivity index (χ1n) is 7.57. The molecular formula is C17H21NO4S. The zero-order chi connectivity index (χ0) is 16.9. The SMILES string of the molecule is C#CCOCC1CCN(S(=O)(=O)c2cccc(C(C)=O)c2)CC1. The van der Waals surface area contributed by atoms with Crippen molar-refractivity contribution in [1.29, 1.82) is 0 Å². The Labute approximate surface area is 137 Å². The van der Waals surface area contributed by atoms with Crippen molar-refractivity contribution < 1.29 is 17.9 Å². The lowest BCUT2D eigenvalue weighted by Crippen LogP contribution is -2.39. The number of sulfonamides is 1. The summed E-state index contributed by atoms with van der Waals surface area (Å²) >= 11 is 0. The van der Waals surface area contributed by atoms with E-state index in [0.29, 0.717) is 31.2 Å². The van der Waals surface area contributed by atoms with E-state index in [1.807, 2.05) is 0 Å². The Morgan fingerprint density at radius 2 is 2.09 bits per heavy atom. The van der Waals surface area contributed by atoms with Gasteiger partial charge in [0.2, 0.25) is 10.0 Å². The molecule has 0 atom stereocenters. The van der Waals surface area contributed by atoms with Crippen LogP contribution in [0.4, 0.5) is 0 Å². The summed E-state index contributed by atoms with van der Waals surface area (Å²) in [6.07, 6.45) is 6.63. The first kappa shape index (κ1) is 17.7. The van der Waals surface area contributed by atoms with Crippen LogP contribution in [0.5, 0.6) is 0 Å². The highest BCUT2D eigenvalue weighted by molar-refractivity contribution is 7.89. The van der Waals surface area contributed by atoms with Crippen molar-refractivity contribution in [2.75, 3.05) is 26.3 Å². The zero-order valence-electron chi connectivity index (χ0n) is 13.2. The van der Waals surface area contributed by atoms with E-state index >= 15 is 0 Å². The molecule has 0 bridgehead atoms. The van der Waals surface area contributed by atoms with E-state index in [2.05, 4.69) is 5.92 Å². The standard InChI is InChI=1S/C17H21NO4S/c1-3-11-22-13-15-7-9-18(10-8-15)23(20,21)17-6-4-5-16(12-17)14(2)19/h1,4-6,12,15H,7-11,13H2,2H3. The molecule has 1 heterocycles. The average molecular weight is 335 g/mol. The summed E-state index contributed by atoms with van der Waals surface area (Å²) < 4.78 is 32.2. The molecule has 1 aliphatic rings. The number of ketones is 1. The van der Waals surface area contributed by atoms with Gasteiger partial charge in [-0.3, -0.25) is 4.79 Å². The molecule has 124 valence electrons. The molecule has 0 N–H and O–H groups in total. The summed E-state index contributed by atoms with van der Waals surface area (Å²) in [6.45, 7) is 3.19. The summed E-state index contributed by atoms with van der Waals surface area (Å²) in [7, 11) is -3.56. The largest absolute Gasteiger partial charge is 0.369 e. The maximum absolute atomic E-state index is 12.7. The number of piperidine rings is 1. The number of Topliss-reactive ketones (excluding diaryl/α,β-unsaturated/α-hetero) is 1. The molecule has 0 unspecified atom stereocenters. The Hall–Kier alpha value is -1.68. The first-order chi connectivity index (χ1) is 10.9. The third-order valence-corrected chi connectivity index (χ3v) is 5.89. The fraction of sp³-hybridized carbons (Fsp3) is 0.471. The molecule has 0 spiro atoms. The van der Waals surface area contributed by atoms with Crippen LogP contribution in [0.15, 0.2) is 29.2 Å². The first-order valence-corrected chi connectivity index (χ1v) is 9.01. The van der Waals surface area contributed by atoms with Crippen molar-refractivity contribution in [3.8, 4) is 12.3 Å². The van der Waals surface area contributed by atoms with Crippen LogP contribution in [0.3, 0.4) is 0 Å². The van der Waals surface area contributed by atoms with E-state index in [1.54, 1.807) is 12.1 Å². The van der Waals surface area contributed by atoms with Crippen molar-refractivity contribution in [1.82, 2.24) is 4.31 Å². The average Bonchev–Trinajstić information content (AvgIpc) is 2.55. The Morgan fingerprint density at radius 3 is 2.70 bits per heavy atom. The van der Waals surface area contributed by atoms with Crippen LogP contribution in [0.1, 0.15) is 30.1 Å². The molecule has 0 aliphatic carbocycles. The van der Waals surface area contributed by atoms with Crippen LogP contribution in [0.2, 0.25) is 0 Å². The number of terminal acetylenes is 1. The number of rotatable bonds is 6. The highest BCUT2D eigenvalue weighted by Crippen LogP contribution is 2.24. The molecule has 23 heavy (non-hydrogen) atoms. The molecule has 1 fully saturated rings. The van der Waals surface area contributed by atoms with Gasteiger partial charge in [0.1, 0.15) is 6.61 Å². The van der Waals surface area contributed by atoms with Gasteiger partial charge in [0.25, 0.3) is 0 Å². The highest BCUT2D eigenvalue weighted by atomic mass is 32.2. The normalized spacial score (nSPS) is 16.9. The molecule has 0 aromatic heterocycles. The molecule has 1 aromatic rings. The number of carbonyl (C=O) groups is 1. The number of carbonyl (C=O) groups excluding carboxylic acids is 1. The molecule has 2 rings (SSSR count). The van der Waals surface area contributed by atoms with Gasteiger partial charge >= 0.3 is 0 Å². The van der Waals surface area contributed by atoms with Gasteiger partial charge in [-0.1, -0.05) is 18.1 Å². The number of benzene rings is 1. The van der Waals surface area contributed by atoms with Gasteiger partial charge in [-0.25, -0.2) is 8.42 Å². The predicted octanol–water partition coefficient (Wildman–Crippen LogP) is 1.94. The second kappa shape index (κ2) is 7.73. The highest BCUT2D eigenvalue weighted by Gasteiger charge is 2.29. The quantitative estimate of drug-likeness (QED) is 0.453. The zero-order valence-corrected chi connectivity index (χ0v) is 14.0. The summed E-state index contributed by atoms with van der Waals surface area (Å²) in [6, 6.07) is 6.20. The number of hydrogen-bond donors (Lipinski definition) is 0. The minimum atomic E-state index is -3.56. The van der Waals surface area contributed by atoms with Crippen LogP contribution in [0.25, 0.3) is 0 Å².